The third-order valence-corrected chi connectivity index (χ3v) is 2.36. The second-order valence-electron chi connectivity index (χ2n) is 3.88. The fourth-order valence-electron chi connectivity index (χ4n) is 1.35. The van der Waals surface area contributed by atoms with Gasteiger partial charge in [-0.15, -0.1) is 0 Å². The average molecular weight is 266 g/mol. The van der Waals surface area contributed by atoms with Gasteiger partial charge in [0.2, 0.25) is 6.10 Å². The molecule has 0 saturated carbocycles. The third kappa shape index (κ3) is 4.42. The topological polar surface area (TPSA) is 89.9 Å². The molecule has 0 spiro atoms. The van der Waals surface area contributed by atoms with Crippen molar-refractivity contribution in [3.63, 3.8) is 0 Å². The Morgan fingerprint density at radius 2 is 1.79 bits per heavy atom. The molecule has 1 atom stereocenters. The Balaban J connectivity index is 2.78. The van der Waals surface area contributed by atoms with Crippen LogP contribution in [0.25, 0.3) is 0 Å². The molecule has 0 unspecified atom stereocenters. The van der Waals surface area contributed by atoms with E-state index in [4.69, 9.17) is 9.84 Å². The summed E-state index contributed by atoms with van der Waals surface area (Å²) in [6.07, 6.45) is -2.08. The number of esters is 2. The van der Waals surface area contributed by atoms with E-state index in [-0.39, 0.29) is 5.56 Å². The molecule has 0 radical (unpaired) electrons. The fourth-order valence-corrected chi connectivity index (χ4v) is 1.35. The van der Waals surface area contributed by atoms with E-state index in [9.17, 15) is 14.4 Å². The second kappa shape index (κ2) is 6.53. The van der Waals surface area contributed by atoms with E-state index >= 15 is 0 Å². The van der Waals surface area contributed by atoms with Gasteiger partial charge < -0.3 is 14.6 Å². The molecule has 0 aromatic heterocycles. The number of carbonyl (C=O) groups is 3. The van der Waals surface area contributed by atoms with Crippen molar-refractivity contribution in [2.45, 2.75) is 19.4 Å². The summed E-state index contributed by atoms with van der Waals surface area (Å²) >= 11 is 0. The van der Waals surface area contributed by atoms with E-state index < -0.39 is 30.4 Å². The Morgan fingerprint density at radius 3 is 2.26 bits per heavy atom. The van der Waals surface area contributed by atoms with Crippen molar-refractivity contribution in [2.24, 2.45) is 0 Å². The maximum absolute atomic E-state index is 11.7. The number of carbonyl (C=O) groups excluding carboxylic acids is 2. The molecule has 1 rings (SSSR count). The summed E-state index contributed by atoms with van der Waals surface area (Å²) in [6, 6.07) is 6.49. The molecule has 6 heteroatoms. The van der Waals surface area contributed by atoms with Gasteiger partial charge in [-0.3, -0.25) is 4.79 Å². The first kappa shape index (κ1) is 14.7. The first-order valence-corrected chi connectivity index (χ1v) is 5.51. The molecule has 0 fully saturated rings. The number of methoxy groups -OCH3 is 1. The van der Waals surface area contributed by atoms with Crippen LogP contribution >= 0.6 is 0 Å². The Hall–Kier alpha value is -2.37. The molecule has 1 N–H and O–H groups in total. The smallest absolute Gasteiger partial charge is 0.347 e. The highest BCUT2D eigenvalue weighted by molar-refractivity contribution is 5.92. The van der Waals surface area contributed by atoms with Crippen molar-refractivity contribution in [3.05, 3.63) is 35.4 Å². The van der Waals surface area contributed by atoms with Gasteiger partial charge in [0.05, 0.1) is 19.1 Å². The minimum absolute atomic E-state index is 0.241. The maximum Gasteiger partial charge on any atom is 0.347 e. The summed E-state index contributed by atoms with van der Waals surface area (Å²) in [7, 11) is 1.09. The quantitative estimate of drug-likeness (QED) is 0.804. The predicted molar refractivity (Wildman–Crippen MR) is 64.7 cm³/mol. The van der Waals surface area contributed by atoms with Crippen LogP contribution in [-0.4, -0.2) is 36.2 Å². The Morgan fingerprint density at radius 1 is 1.21 bits per heavy atom. The molecular weight excluding hydrogens is 252 g/mol. The average Bonchev–Trinajstić information content (AvgIpc) is 2.37. The lowest BCUT2D eigenvalue weighted by molar-refractivity contribution is -0.156. The number of carboxylic acids is 1. The number of benzene rings is 1. The summed E-state index contributed by atoms with van der Waals surface area (Å²) in [4.78, 5) is 33.6. The Bertz CT molecular complexity index is 476. The Labute approximate surface area is 109 Å². The van der Waals surface area contributed by atoms with Gasteiger partial charge >= 0.3 is 17.9 Å². The van der Waals surface area contributed by atoms with Crippen molar-refractivity contribution >= 4 is 17.9 Å². The van der Waals surface area contributed by atoms with Crippen LogP contribution in [0, 0.1) is 6.92 Å². The van der Waals surface area contributed by atoms with Gasteiger partial charge in [-0.1, -0.05) is 17.7 Å². The molecule has 0 aliphatic heterocycles. The van der Waals surface area contributed by atoms with Gasteiger partial charge in [0.1, 0.15) is 0 Å². The van der Waals surface area contributed by atoms with Crippen LogP contribution in [-0.2, 0) is 19.1 Å². The normalized spacial score (nSPS) is 11.5. The summed E-state index contributed by atoms with van der Waals surface area (Å²) in [6.45, 7) is 1.86. The van der Waals surface area contributed by atoms with Crippen LogP contribution in [0.2, 0.25) is 0 Å². The number of hydrogen-bond donors (Lipinski definition) is 1. The van der Waals surface area contributed by atoms with Crippen molar-refractivity contribution in [3.8, 4) is 0 Å². The van der Waals surface area contributed by atoms with Gasteiger partial charge in [-0.05, 0) is 19.1 Å². The molecule has 0 amide bonds. The van der Waals surface area contributed by atoms with Gasteiger partial charge in [-0.2, -0.15) is 0 Å². The summed E-state index contributed by atoms with van der Waals surface area (Å²) in [5.74, 6) is -2.92. The van der Waals surface area contributed by atoms with Crippen LogP contribution in [0.3, 0.4) is 0 Å². The van der Waals surface area contributed by atoms with Gasteiger partial charge in [0.25, 0.3) is 0 Å². The molecule has 1 aromatic carbocycles. The zero-order valence-electron chi connectivity index (χ0n) is 10.6. The fraction of sp³-hybridized carbons (Fsp3) is 0.308. The minimum atomic E-state index is -1.45. The maximum atomic E-state index is 11.7. The molecular formula is C13H14O6. The highest BCUT2D eigenvalue weighted by atomic mass is 16.6. The second-order valence-corrected chi connectivity index (χ2v) is 3.88. The molecule has 0 aliphatic carbocycles. The summed E-state index contributed by atoms with van der Waals surface area (Å²) in [5.41, 5.74) is 1.21. The number of ether oxygens (including phenoxy) is 2. The number of aliphatic carboxylic acids is 1. The first-order valence-electron chi connectivity index (χ1n) is 5.51. The lowest BCUT2D eigenvalue weighted by atomic mass is 10.1. The highest BCUT2D eigenvalue weighted by Crippen LogP contribution is 2.09. The van der Waals surface area contributed by atoms with Crippen molar-refractivity contribution in [1.82, 2.24) is 0 Å². The molecule has 0 heterocycles. The van der Waals surface area contributed by atoms with Crippen LogP contribution in [0.5, 0.6) is 0 Å². The third-order valence-electron chi connectivity index (χ3n) is 2.36. The van der Waals surface area contributed by atoms with Crippen LogP contribution in [0.15, 0.2) is 24.3 Å². The number of rotatable bonds is 5. The molecule has 0 aliphatic rings. The van der Waals surface area contributed by atoms with Crippen LogP contribution < -0.4 is 0 Å². The van der Waals surface area contributed by atoms with E-state index in [0.717, 1.165) is 12.7 Å². The van der Waals surface area contributed by atoms with Crippen molar-refractivity contribution in [2.75, 3.05) is 7.11 Å². The molecule has 19 heavy (non-hydrogen) atoms. The van der Waals surface area contributed by atoms with Crippen molar-refractivity contribution in [1.29, 1.82) is 0 Å². The lowest BCUT2D eigenvalue weighted by Crippen LogP contribution is -2.30. The van der Waals surface area contributed by atoms with E-state index in [1.165, 1.54) is 12.1 Å². The number of hydrogen-bond acceptors (Lipinski definition) is 5. The standard InChI is InChI=1S/C13H14O6/c1-8-3-5-9(6-4-8)12(16)19-10(7-11(14)15)13(17)18-2/h3-6,10H,7H2,1-2H3,(H,14,15)/t10-/m1/s1. The highest BCUT2D eigenvalue weighted by Gasteiger charge is 2.27. The van der Waals surface area contributed by atoms with E-state index in [2.05, 4.69) is 4.74 Å². The predicted octanol–water partition coefficient (Wildman–Crippen LogP) is 1.17. The first-order chi connectivity index (χ1) is 8.93. The van der Waals surface area contributed by atoms with Gasteiger partial charge in [-0.25, -0.2) is 9.59 Å². The molecule has 6 nitrogen and oxygen atoms in total. The lowest BCUT2D eigenvalue weighted by Gasteiger charge is -2.13. The van der Waals surface area contributed by atoms with Gasteiger partial charge in [0, 0.05) is 0 Å². The SMILES string of the molecule is COC(=O)[C@@H](CC(=O)O)OC(=O)c1ccc(C)cc1. The molecule has 102 valence electrons. The Kier molecular flexibility index (Phi) is 5.05. The number of carboxylic acid groups (broad SMARTS) is 1. The molecule has 0 saturated heterocycles. The van der Waals surface area contributed by atoms with Crippen molar-refractivity contribution < 1.29 is 29.0 Å². The monoisotopic (exact) mass is 266 g/mol. The largest absolute Gasteiger partial charge is 0.481 e. The minimum Gasteiger partial charge on any atom is -0.481 e. The zero-order valence-corrected chi connectivity index (χ0v) is 10.6. The number of aryl methyl sites for hydroxylation is 1. The van der Waals surface area contributed by atoms with E-state index in [0.29, 0.717) is 0 Å². The molecule has 1 aromatic rings. The zero-order chi connectivity index (χ0) is 14.4. The summed E-state index contributed by atoms with van der Waals surface area (Å²) in [5, 5.41) is 8.65. The van der Waals surface area contributed by atoms with Gasteiger partial charge in [0.15, 0.2) is 0 Å². The van der Waals surface area contributed by atoms with E-state index in [1.807, 2.05) is 6.92 Å². The van der Waals surface area contributed by atoms with E-state index in [1.54, 1.807) is 12.1 Å². The molecule has 0 bridgehead atoms. The van der Waals surface area contributed by atoms with Crippen LogP contribution in [0.1, 0.15) is 22.3 Å². The summed E-state index contributed by atoms with van der Waals surface area (Å²) < 4.78 is 9.24. The van der Waals surface area contributed by atoms with Crippen LogP contribution in [0.4, 0.5) is 0 Å².